The van der Waals surface area contributed by atoms with Gasteiger partial charge in [-0.1, -0.05) is 18.2 Å². The number of nitrogens with one attached hydrogen (secondary N) is 2. The Morgan fingerprint density at radius 2 is 1.98 bits per heavy atom. The summed E-state index contributed by atoms with van der Waals surface area (Å²) in [6, 6.07) is 15.2. The second kappa shape index (κ2) is 11.6. The number of hydrogen-bond acceptors (Lipinski definition) is 9. The number of carbonyl (C=O) groups excluding carboxylic acids is 1. The number of aromatic nitrogens is 4. The number of benzene rings is 2. The van der Waals surface area contributed by atoms with Gasteiger partial charge in [-0.25, -0.2) is 19.3 Å². The average Bonchev–Trinajstić information content (AvgIpc) is 3.99. The third-order valence-corrected chi connectivity index (χ3v) is 12.4. The molecule has 2 aromatic carbocycles. The molecule has 4 aromatic heterocycles. The molecule has 51 heavy (non-hydrogen) atoms. The summed E-state index contributed by atoms with van der Waals surface area (Å²) in [4.78, 5) is 39.6. The number of pyridine rings is 2. The highest BCUT2D eigenvalue weighted by Crippen LogP contribution is 2.51. The molecule has 2 aliphatic carbocycles. The molecule has 10 rings (SSSR count). The number of carbonyl (C=O) groups is 1. The molecule has 0 unspecified atom stereocenters. The van der Waals surface area contributed by atoms with Crippen molar-refractivity contribution in [1.29, 1.82) is 0 Å². The Balaban J connectivity index is 1.15. The minimum Gasteiger partial charge on any atom is -0.496 e. The Labute approximate surface area is 295 Å². The molecule has 0 bridgehead atoms. The van der Waals surface area contributed by atoms with E-state index in [0.717, 1.165) is 81.9 Å². The van der Waals surface area contributed by atoms with Crippen LogP contribution in [0.4, 0.5) is 10.2 Å². The van der Waals surface area contributed by atoms with E-state index in [9.17, 15) is 14.0 Å². The van der Waals surface area contributed by atoms with Gasteiger partial charge in [-0.3, -0.25) is 9.78 Å². The molecule has 6 aromatic rings. The minimum absolute atomic E-state index is 0.0622. The molecule has 2 N–H and O–H groups in total. The van der Waals surface area contributed by atoms with Crippen molar-refractivity contribution in [3.05, 3.63) is 110 Å². The Bertz CT molecular complexity index is 2470. The molecule has 12 heteroatoms. The average molecular weight is 701 g/mol. The SMILES string of the molecule is COc1cccc2c1CC[C@H]2Nc1nccc2cc(-c3c4c(nc(C[C@H]5CCc6cc(F)ccc65)c3-c3n[nH]c(=O)o3)[C@H]3CCCN3C4=O)sc12. The van der Waals surface area contributed by atoms with E-state index in [1.54, 1.807) is 30.7 Å². The maximum atomic E-state index is 14.3. The lowest BCUT2D eigenvalue weighted by molar-refractivity contribution is 0.0776. The number of fused-ring (bicyclic) bond motifs is 6. The molecular formula is C39H33FN6O4S. The number of amides is 1. The van der Waals surface area contributed by atoms with Crippen molar-refractivity contribution >= 4 is 33.1 Å². The maximum Gasteiger partial charge on any atom is 0.434 e. The number of thiophene rings is 1. The number of H-pyrrole nitrogens is 1. The first-order valence-electron chi connectivity index (χ1n) is 17.5. The summed E-state index contributed by atoms with van der Waals surface area (Å²) < 4.78 is 26.5. The number of aromatic amines is 1. The fourth-order valence-corrected chi connectivity index (χ4v) is 10.1. The predicted molar refractivity (Wildman–Crippen MR) is 191 cm³/mol. The summed E-state index contributed by atoms with van der Waals surface area (Å²) >= 11 is 1.56. The third-order valence-electron chi connectivity index (χ3n) is 11.2. The van der Waals surface area contributed by atoms with E-state index in [4.69, 9.17) is 19.1 Å². The molecule has 1 saturated heterocycles. The molecule has 0 spiro atoms. The lowest BCUT2D eigenvalue weighted by Gasteiger charge is -2.19. The molecule has 4 aliphatic rings. The first-order chi connectivity index (χ1) is 24.9. The van der Waals surface area contributed by atoms with E-state index < -0.39 is 5.76 Å². The third kappa shape index (κ3) is 4.76. The number of ether oxygens (including phenoxy) is 1. The van der Waals surface area contributed by atoms with E-state index >= 15 is 0 Å². The largest absolute Gasteiger partial charge is 0.496 e. The Kier molecular flexibility index (Phi) is 6.92. The van der Waals surface area contributed by atoms with Gasteiger partial charge in [-0.05, 0) is 109 Å². The van der Waals surface area contributed by atoms with Crippen LogP contribution in [0, 0.1) is 5.82 Å². The van der Waals surface area contributed by atoms with E-state index in [1.807, 2.05) is 29.2 Å². The molecule has 1 amide bonds. The lowest BCUT2D eigenvalue weighted by atomic mass is 9.89. The van der Waals surface area contributed by atoms with Gasteiger partial charge in [0.15, 0.2) is 0 Å². The highest BCUT2D eigenvalue weighted by Gasteiger charge is 2.45. The van der Waals surface area contributed by atoms with Gasteiger partial charge < -0.3 is 19.4 Å². The highest BCUT2D eigenvalue weighted by molar-refractivity contribution is 7.23. The van der Waals surface area contributed by atoms with E-state index in [2.05, 4.69) is 27.6 Å². The zero-order chi connectivity index (χ0) is 34.4. The molecule has 0 saturated carbocycles. The standard InChI is InChI=1S/C39H33FN6O4S/c1-49-29-6-2-4-24-25(29)11-12-26(24)43-36-35-21(13-14-41-36)18-30(51-35)32-31(37-44-45-39(48)50-37)27(17-20-8-7-19-16-22(40)9-10-23(19)20)42-34-28-5-3-15-46(28)38(47)33(32)34/h2,4,6,9-10,13-14,16,18,20,26,28H,3,5,7-8,11-12,15,17H2,1H3,(H,41,43)(H,45,48)/t20-,26-,28-/m1/s1. The Hall–Kier alpha value is -5.36. The summed E-state index contributed by atoms with van der Waals surface area (Å²) in [5.74, 6) is 0.864. The van der Waals surface area contributed by atoms with Gasteiger partial charge in [0, 0.05) is 23.2 Å². The minimum atomic E-state index is -0.684. The summed E-state index contributed by atoms with van der Waals surface area (Å²) in [5, 5.41) is 11.5. The van der Waals surface area contributed by atoms with Crippen LogP contribution in [0.2, 0.25) is 0 Å². The summed E-state index contributed by atoms with van der Waals surface area (Å²) in [7, 11) is 1.71. The van der Waals surface area contributed by atoms with Crippen LogP contribution in [0.25, 0.3) is 32.0 Å². The Morgan fingerprint density at radius 3 is 2.84 bits per heavy atom. The summed E-state index contributed by atoms with van der Waals surface area (Å²) in [6.45, 7) is 0.668. The van der Waals surface area contributed by atoms with Crippen molar-refractivity contribution in [3.8, 4) is 27.6 Å². The van der Waals surface area contributed by atoms with Crippen molar-refractivity contribution in [3.63, 3.8) is 0 Å². The monoisotopic (exact) mass is 700 g/mol. The highest BCUT2D eigenvalue weighted by atomic mass is 32.1. The number of anilines is 1. The zero-order valence-corrected chi connectivity index (χ0v) is 28.6. The van der Waals surface area contributed by atoms with Gasteiger partial charge in [0.25, 0.3) is 11.8 Å². The number of halogens is 1. The van der Waals surface area contributed by atoms with E-state index in [-0.39, 0.29) is 35.6 Å². The summed E-state index contributed by atoms with van der Waals surface area (Å²) in [6.07, 6.45) is 7.52. The fourth-order valence-electron chi connectivity index (χ4n) is 8.95. The first kappa shape index (κ1) is 30.5. The molecule has 2 aliphatic heterocycles. The lowest BCUT2D eigenvalue weighted by Crippen LogP contribution is -2.22. The smallest absolute Gasteiger partial charge is 0.434 e. The normalized spacial score (nSPS) is 20.2. The van der Waals surface area contributed by atoms with Crippen LogP contribution in [0.5, 0.6) is 5.75 Å². The number of nitrogens with zero attached hydrogens (tertiary/aromatic N) is 4. The zero-order valence-electron chi connectivity index (χ0n) is 27.8. The van der Waals surface area contributed by atoms with E-state index in [1.165, 1.54) is 17.2 Å². The molecule has 0 radical (unpaired) electrons. The molecule has 10 nitrogen and oxygen atoms in total. The molecule has 256 valence electrons. The van der Waals surface area contributed by atoms with Crippen LogP contribution in [0.3, 0.4) is 0 Å². The maximum absolute atomic E-state index is 14.3. The first-order valence-corrected chi connectivity index (χ1v) is 18.3. The summed E-state index contributed by atoms with van der Waals surface area (Å²) in [5.41, 5.74) is 7.79. The van der Waals surface area contributed by atoms with Crippen molar-refractivity contribution in [2.45, 2.75) is 62.9 Å². The van der Waals surface area contributed by atoms with Crippen LogP contribution >= 0.6 is 11.3 Å². The molecule has 3 atom stereocenters. The number of methoxy groups -OCH3 is 1. The molecule has 6 heterocycles. The predicted octanol–water partition coefficient (Wildman–Crippen LogP) is 7.51. The number of rotatable bonds is 7. The van der Waals surface area contributed by atoms with Crippen molar-refractivity contribution in [2.75, 3.05) is 19.0 Å². The van der Waals surface area contributed by atoms with E-state index in [0.29, 0.717) is 35.3 Å². The van der Waals surface area contributed by atoms with Crippen LogP contribution in [-0.4, -0.2) is 44.6 Å². The van der Waals surface area contributed by atoms with Gasteiger partial charge in [0.1, 0.15) is 17.4 Å². The van der Waals surface area contributed by atoms with Gasteiger partial charge >= 0.3 is 5.76 Å². The quantitative estimate of drug-likeness (QED) is 0.175. The second-order valence-electron chi connectivity index (χ2n) is 13.9. The van der Waals surface area contributed by atoms with Gasteiger partial charge in [-0.15, -0.1) is 16.4 Å². The van der Waals surface area contributed by atoms with Crippen LogP contribution in [0.15, 0.2) is 63.9 Å². The van der Waals surface area contributed by atoms with Crippen molar-refractivity contribution < 1.29 is 18.3 Å². The van der Waals surface area contributed by atoms with Crippen molar-refractivity contribution in [2.24, 2.45) is 0 Å². The fraction of sp³-hybridized carbons (Fsp3) is 0.308. The molecular weight excluding hydrogens is 668 g/mol. The second-order valence-corrected chi connectivity index (χ2v) is 14.9. The van der Waals surface area contributed by atoms with Crippen LogP contribution < -0.4 is 15.8 Å². The van der Waals surface area contributed by atoms with Gasteiger partial charge in [0.05, 0.1) is 46.4 Å². The number of hydrogen-bond donors (Lipinski definition) is 2. The number of aryl methyl sites for hydroxylation is 1. The molecule has 1 fully saturated rings. The van der Waals surface area contributed by atoms with Crippen LogP contribution in [0.1, 0.15) is 87.7 Å². The Morgan fingerprint density at radius 1 is 1.06 bits per heavy atom. The topological polar surface area (TPSA) is 126 Å². The van der Waals surface area contributed by atoms with Gasteiger partial charge in [-0.2, -0.15) is 0 Å². The van der Waals surface area contributed by atoms with Crippen molar-refractivity contribution in [1.82, 2.24) is 25.1 Å². The van der Waals surface area contributed by atoms with Gasteiger partial charge in [0.2, 0.25) is 0 Å². The van der Waals surface area contributed by atoms with Crippen LogP contribution in [-0.2, 0) is 19.3 Å².